The molecule has 7 heteroatoms. The number of nitrogens with two attached hydrogens (primary N) is 1. The summed E-state index contributed by atoms with van der Waals surface area (Å²) in [5, 5.41) is -0.572. The van der Waals surface area contributed by atoms with Crippen molar-refractivity contribution < 1.29 is 17.6 Å². The molecule has 0 amide bonds. The first kappa shape index (κ1) is 15.5. The third-order valence-electron chi connectivity index (χ3n) is 1.87. The van der Waals surface area contributed by atoms with E-state index in [0.717, 1.165) is 0 Å². The van der Waals surface area contributed by atoms with Crippen molar-refractivity contribution in [1.82, 2.24) is 0 Å². The van der Waals surface area contributed by atoms with Gasteiger partial charge in [0, 0.05) is 11.6 Å². The van der Waals surface area contributed by atoms with E-state index in [1.165, 1.54) is 6.92 Å². The molecule has 1 nitrogen and oxygen atoms in total. The van der Waals surface area contributed by atoms with Crippen LogP contribution in [0.4, 0.5) is 17.6 Å². The second kappa shape index (κ2) is 5.21. The van der Waals surface area contributed by atoms with E-state index in [2.05, 4.69) is 0 Å². The molecule has 0 aliphatic heterocycles. The van der Waals surface area contributed by atoms with Crippen LogP contribution in [0.25, 0.3) is 0 Å². The fourth-order valence-corrected chi connectivity index (χ4v) is 1.33. The van der Waals surface area contributed by atoms with Crippen molar-refractivity contribution in [3.63, 3.8) is 0 Å². The summed E-state index contributed by atoms with van der Waals surface area (Å²) in [4.78, 5) is 0. The summed E-state index contributed by atoms with van der Waals surface area (Å²) in [5.41, 5.74) is 4.09. The van der Waals surface area contributed by atoms with E-state index in [1.807, 2.05) is 0 Å². The van der Waals surface area contributed by atoms with Gasteiger partial charge in [0.05, 0.1) is 10.6 Å². The summed E-state index contributed by atoms with van der Waals surface area (Å²) in [6, 6.07) is 0.374. The van der Waals surface area contributed by atoms with Gasteiger partial charge < -0.3 is 5.73 Å². The maximum absolute atomic E-state index is 13.2. The van der Waals surface area contributed by atoms with Crippen molar-refractivity contribution in [2.45, 2.75) is 19.1 Å². The molecule has 0 saturated heterocycles. The third-order valence-corrected chi connectivity index (χ3v) is 2.15. The highest BCUT2D eigenvalue weighted by Crippen LogP contribution is 2.34. The van der Waals surface area contributed by atoms with Gasteiger partial charge in [-0.15, -0.1) is 12.4 Å². The zero-order chi connectivity index (χ0) is 11.8. The predicted molar refractivity (Wildman–Crippen MR) is 56.3 cm³/mol. The number of hydrogen-bond acceptors (Lipinski definition) is 1. The molecule has 0 heterocycles. The second-order valence-electron chi connectivity index (χ2n) is 3.15. The molecule has 1 aromatic rings. The Balaban J connectivity index is 0.00000225. The van der Waals surface area contributed by atoms with Crippen LogP contribution < -0.4 is 5.73 Å². The predicted octanol–water partition coefficient (Wildman–Crippen LogP) is 3.94. The van der Waals surface area contributed by atoms with Gasteiger partial charge >= 0.3 is 6.18 Å². The van der Waals surface area contributed by atoms with Gasteiger partial charge in [-0.1, -0.05) is 11.6 Å². The summed E-state index contributed by atoms with van der Waals surface area (Å²) >= 11 is 5.34. The van der Waals surface area contributed by atoms with Crippen molar-refractivity contribution in [1.29, 1.82) is 0 Å². The molecule has 0 aromatic heterocycles. The van der Waals surface area contributed by atoms with Crippen LogP contribution in [0.15, 0.2) is 12.1 Å². The summed E-state index contributed by atoms with van der Waals surface area (Å²) in [7, 11) is 0. The molecular weight excluding hydrogens is 269 g/mol. The highest BCUT2D eigenvalue weighted by molar-refractivity contribution is 6.30. The maximum Gasteiger partial charge on any atom is 0.416 e. The Morgan fingerprint density at radius 3 is 2.19 bits per heavy atom. The Kier molecular flexibility index (Phi) is 5.04. The molecule has 1 aromatic carbocycles. The summed E-state index contributed by atoms with van der Waals surface area (Å²) in [6.07, 6.45) is -4.55. The van der Waals surface area contributed by atoms with Gasteiger partial charge in [0.25, 0.3) is 0 Å². The van der Waals surface area contributed by atoms with E-state index in [4.69, 9.17) is 17.3 Å². The van der Waals surface area contributed by atoms with Crippen molar-refractivity contribution >= 4 is 24.0 Å². The molecule has 92 valence electrons. The largest absolute Gasteiger partial charge is 0.416 e. The van der Waals surface area contributed by atoms with Crippen LogP contribution in [0.3, 0.4) is 0 Å². The minimum absolute atomic E-state index is 0. The van der Waals surface area contributed by atoms with Crippen LogP contribution in [0.1, 0.15) is 24.1 Å². The molecular formula is C9H9Cl2F4N. The van der Waals surface area contributed by atoms with Crippen LogP contribution in [0.5, 0.6) is 0 Å². The molecule has 1 atom stereocenters. The van der Waals surface area contributed by atoms with Gasteiger partial charge in [0.2, 0.25) is 0 Å². The molecule has 0 radical (unpaired) electrons. The lowest BCUT2D eigenvalue weighted by atomic mass is 10.0. The number of rotatable bonds is 1. The first-order valence-corrected chi connectivity index (χ1v) is 4.43. The molecule has 0 aliphatic carbocycles. The van der Waals surface area contributed by atoms with Crippen LogP contribution in [-0.2, 0) is 6.18 Å². The van der Waals surface area contributed by atoms with Crippen LogP contribution in [0, 0.1) is 5.82 Å². The smallest absolute Gasteiger partial charge is 0.324 e. The van der Waals surface area contributed by atoms with Gasteiger partial charge in [0.1, 0.15) is 5.82 Å². The molecule has 0 saturated carbocycles. The van der Waals surface area contributed by atoms with Gasteiger partial charge in [-0.2, -0.15) is 13.2 Å². The number of alkyl halides is 3. The van der Waals surface area contributed by atoms with Crippen LogP contribution in [0.2, 0.25) is 5.02 Å². The van der Waals surface area contributed by atoms with E-state index in [1.54, 1.807) is 0 Å². The van der Waals surface area contributed by atoms with E-state index >= 15 is 0 Å². The summed E-state index contributed by atoms with van der Waals surface area (Å²) in [5.74, 6) is -0.903. The SMILES string of the molecule is C[C@H](N)c1cc(C(F)(F)F)cc(Cl)c1F.Cl. The van der Waals surface area contributed by atoms with E-state index in [9.17, 15) is 17.6 Å². The third kappa shape index (κ3) is 3.23. The highest BCUT2D eigenvalue weighted by atomic mass is 35.5. The molecule has 0 unspecified atom stereocenters. The molecule has 16 heavy (non-hydrogen) atoms. The van der Waals surface area contributed by atoms with E-state index in [-0.39, 0.29) is 18.0 Å². The Bertz CT molecular complexity index is 377. The van der Waals surface area contributed by atoms with E-state index in [0.29, 0.717) is 12.1 Å². The van der Waals surface area contributed by atoms with E-state index < -0.39 is 28.6 Å². The van der Waals surface area contributed by atoms with Gasteiger partial charge in [-0.25, -0.2) is 4.39 Å². The molecule has 0 spiro atoms. The van der Waals surface area contributed by atoms with Gasteiger partial charge in [-0.05, 0) is 19.1 Å². The quantitative estimate of drug-likeness (QED) is 0.773. The van der Waals surface area contributed by atoms with Crippen molar-refractivity contribution in [2.24, 2.45) is 5.73 Å². The Morgan fingerprint density at radius 1 is 1.31 bits per heavy atom. The number of benzene rings is 1. The minimum Gasteiger partial charge on any atom is -0.324 e. The normalized spacial score (nSPS) is 13.2. The number of halogens is 6. The Morgan fingerprint density at radius 2 is 1.81 bits per heavy atom. The lowest BCUT2D eigenvalue weighted by molar-refractivity contribution is -0.137. The molecule has 0 fully saturated rings. The fourth-order valence-electron chi connectivity index (χ4n) is 1.11. The van der Waals surface area contributed by atoms with Crippen molar-refractivity contribution in [2.75, 3.05) is 0 Å². The lowest BCUT2D eigenvalue weighted by Crippen LogP contribution is -2.12. The van der Waals surface area contributed by atoms with Gasteiger partial charge in [-0.3, -0.25) is 0 Å². The Labute approximate surface area is 101 Å². The molecule has 0 bridgehead atoms. The zero-order valence-corrected chi connectivity index (χ0v) is 9.68. The Hall–Kier alpha value is -0.520. The molecule has 1 rings (SSSR count). The monoisotopic (exact) mass is 277 g/mol. The summed E-state index contributed by atoms with van der Waals surface area (Å²) < 4.78 is 50.2. The van der Waals surface area contributed by atoms with Crippen molar-refractivity contribution in [3.8, 4) is 0 Å². The zero-order valence-electron chi connectivity index (χ0n) is 8.11. The topological polar surface area (TPSA) is 26.0 Å². The minimum atomic E-state index is -4.55. The standard InChI is InChI=1S/C9H8ClF4N.ClH/c1-4(15)6-2-5(9(12,13)14)3-7(10)8(6)11;/h2-4H,15H2,1H3;1H/t4-;/m0./s1. The highest BCUT2D eigenvalue weighted by Gasteiger charge is 2.32. The van der Waals surface area contributed by atoms with Crippen molar-refractivity contribution in [3.05, 3.63) is 34.1 Å². The lowest BCUT2D eigenvalue weighted by Gasteiger charge is -2.13. The molecule has 0 aliphatic rings. The molecule has 2 N–H and O–H groups in total. The van der Waals surface area contributed by atoms with Crippen LogP contribution in [-0.4, -0.2) is 0 Å². The average molecular weight is 278 g/mol. The maximum atomic E-state index is 13.2. The summed E-state index contributed by atoms with van der Waals surface area (Å²) in [6.45, 7) is 1.38. The van der Waals surface area contributed by atoms with Crippen LogP contribution >= 0.6 is 24.0 Å². The average Bonchev–Trinajstić information content (AvgIpc) is 2.06. The second-order valence-corrected chi connectivity index (χ2v) is 3.55. The number of hydrogen-bond donors (Lipinski definition) is 1. The first-order chi connectivity index (χ1) is 6.73. The fraction of sp³-hybridized carbons (Fsp3) is 0.333. The van der Waals surface area contributed by atoms with Gasteiger partial charge in [0.15, 0.2) is 0 Å². The first-order valence-electron chi connectivity index (χ1n) is 4.05.